The smallest absolute Gasteiger partial charge is 0.100 e. The first kappa shape index (κ1) is 9.01. The molecular weight excluding hydrogens is 148 g/mol. The van der Waals surface area contributed by atoms with Gasteiger partial charge in [-0.3, -0.25) is 0 Å². The van der Waals surface area contributed by atoms with Crippen molar-refractivity contribution < 1.29 is 5.11 Å². The van der Waals surface area contributed by atoms with Gasteiger partial charge in [0.1, 0.15) is 6.61 Å². The molecule has 0 fully saturated rings. The molecule has 0 heterocycles. The Balaban J connectivity index is 2.29. The summed E-state index contributed by atoms with van der Waals surface area (Å²) in [5.41, 5.74) is 1.33. The second kappa shape index (κ2) is 5.56. The molecule has 63 valence electrons. The van der Waals surface area contributed by atoms with Crippen molar-refractivity contribution in [2.45, 2.75) is 12.8 Å². The van der Waals surface area contributed by atoms with Crippen molar-refractivity contribution in [2.24, 2.45) is 0 Å². The van der Waals surface area contributed by atoms with E-state index in [1.807, 2.05) is 24.3 Å². The molecular formula is C11H13O. The molecule has 0 saturated carbocycles. The number of benzene rings is 1. The van der Waals surface area contributed by atoms with E-state index in [0.717, 1.165) is 12.8 Å². The summed E-state index contributed by atoms with van der Waals surface area (Å²) in [6, 6.07) is 10.3. The van der Waals surface area contributed by atoms with Gasteiger partial charge < -0.3 is 0 Å². The van der Waals surface area contributed by atoms with E-state index < -0.39 is 0 Å². The SMILES string of the molecule is [O]CC=CCCc1ccccc1. The Hall–Kier alpha value is -1.08. The van der Waals surface area contributed by atoms with Gasteiger partial charge in [-0.25, -0.2) is 5.11 Å². The van der Waals surface area contributed by atoms with E-state index in [-0.39, 0.29) is 6.61 Å². The molecule has 1 aromatic rings. The highest BCUT2D eigenvalue weighted by molar-refractivity contribution is 5.15. The fraction of sp³-hybridized carbons (Fsp3) is 0.273. The quantitative estimate of drug-likeness (QED) is 0.605. The molecule has 0 aliphatic rings. The van der Waals surface area contributed by atoms with Crippen LogP contribution in [0, 0.1) is 0 Å². The van der Waals surface area contributed by atoms with E-state index in [4.69, 9.17) is 0 Å². The third kappa shape index (κ3) is 3.35. The van der Waals surface area contributed by atoms with Crippen LogP contribution in [0.1, 0.15) is 12.0 Å². The van der Waals surface area contributed by atoms with Gasteiger partial charge in [-0.2, -0.15) is 0 Å². The van der Waals surface area contributed by atoms with Crippen LogP contribution in [-0.2, 0) is 11.5 Å². The lowest BCUT2D eigenvalue weighted by atomic mass is 10.1. The van der Waals surface area contributed by atoms with Gasteiger partial charge in [0.05, 0.1) is 0 Å². The molecule has 0 aliphatic heterocycles. The van der Waals surface area contributed by atoms with Gasteiger partial charge in [-0.15, -0.1) is 0 Å². The summed E-state index contributed by atoms with van der Waals surface area (Å²) < 4.78 is 0. The van der Waals surface area contributed by atoms with Crippen LogP contribution in [0.5, 0.6) is 0 Å². The maximum Gasteiger partial charge on any atom is 0.100 e. The highest BCUT2D eigenvalue weighted by atomic mass is 16.2. The van der Waals surface area contributed by atoms with Crippen molar-refractivity contribution in [1.29, 1.82) is 0 Å². The maximum atomic E-state index is 10.1. The van der Waals surface area contributed by atoms with Gasteiger partial charge >= 0.3 is 0 Å². The lowest BCUT2D eigenvalue weighted by molar-refractivity contribution is 0.232. The van der Waals surface area contributed by atoms with Crippen molar-refractivity contribution in [3.05, 3.63) is 48.0 Å². The summed E-state index contributed by atoms with van der Waals surface area (Å²) in [5, 5.41) is 10.1. The third-order valence-corrected chi connectivity index (χ3v) is 1.71. The minimum atomic E-state index is -0.102. The molecule has 0 atom stereocenters. The molecule has 1 heteroatoms. The highest BCUT2D eigenvalue weighted by Gasteiger charge is 1.87. The number of aryl methyl sites for hydroxylation is 1. The van der Waals surface area contributed by atoms with Gasteiger partial charge in [0.15, 0.2) is 0 Å². The molecule has 1 aromatic carbocycles. The maximum absolute atomic E-state index is 10.1. The molecule has 0 saturated heterocycles. The van der Waals surface area contributed by atoms with E-state index in [1.165, 1.54) is 5.56 Å². The van der Waals surface area contributed by atoms with E-state index in [2.05, 4.69) is 12.1 Å². The summed E-state index contributed by atoms with van der Waals surface area (Å²) >= 11 is 0. The average molecular weight is 161 g/mol. The van der Waals surface area contributed by atoms with Crippen molar-refractivity contribution in [1.82, 2.24) is 0 Å². The minimum Gasteiger partial charge on any atom is -0.232 e. The Morgan fingerprint density at radius 2 is 1.83 bits per heavy atom. The largest absolute Gasteiger partial charge is 0.232 e. The van der Waals surface area contributed by atoms with Crippen LogP contribution in [0.15, 0.2) is 42.5 Å². The fourth-order valence-electron chi connectivity index (χ4n) is 1.08. The van der Waals surface area contributed by atoms with Crippen LogP contribution in [-0.4, -0.2) is 6.61 Å². The number of allylic oxidation sites excluding steroid dienone is 1. The zero-order valence-electron chi connectivity index (χ0n) is 7.07. The van der Waals surface area contributed by atoms with Crippen molar-refractivity contribution in [3.63, 3.8) is 0 Å². The first-order valence-electron chi connectivity index (χ1n) is 4.20. The molecule has 0 unspecified atom stereocenters. The number of hydrogen-bond donors (Lipinski definition) is 0. The van der Waals surface area contributed by atoms with E-state index >= 15 is 0 Å². The first-order valence-corrected chi connectivity index (χ1v) is 4.20. The van der Waals surface area contributed by atoms with Gasteiger partial charge in [0.2, 0.25) is 0 Å². The second-order valence-electron chi connectivity index (χ2n) is 2.66. The van der Waals surface area contributed by atoms with E-state index in [9.17, 15) is 5.11 Å². The molecule has 1 radical (unpaired) electrons. The molecule has 0 N–H and O–H groups in total. The topological polar surface area (TPSA) is 19.9 Å². The fourth-order valence-corrected chi connectivity index (χ4v) is 1.08. The van der Waals surface area contributed by atoms with Crippen molar-refractivity contribution in [3.8, 4) is 0 Å². The molecule has 0 amide bonds. The third-order valence-electron chi connectivity index (χ3n) is 1.71. The lowest BCUT2D eigenvalue weighted by Crippen LogP contribution is -1.81. The van der Waals surface area contributed by atoms with E-state index in [0.29, 0.717) is 0 Å². The molecule has 12 heavy (non-hydrogen) atoms. The van der Waals surface area contributed by atoms with Gasteiger partial charge in [-0.05, 0) is 18.4 Å². The predicted molar refractivity (Wildman–Crippen MR) is 49.5 cm³/mol. The highest BCUT2D eigenvalue weighted by Crippen LogP contribution is 2.02. The first-order chi connectivity index (χ1) is 5.93. The van der Waals surface area contributed by atoms with Gasteiger partial charge in [-0.1, -0.05) is 42.5 Å². The van der Waals surface area contributed by atoms with Gasteiger partial charge in [0, 0.05) is 0 Å². The molecule has 1 nitrogen and oxygen atoms in total. The molecule has 0 spiro atoms. The Bertz CT molecular complexity index is 226. The van der Waals surface area contributed by atoms with Crippen LogP contribution in [0.4, 0.5) is 0 Å². The van der Waals surface area contributed by atoms with Crippen LogP contribution >= 0.6 is 0 Å². The minimum absolute atomic E-state index is 0.102. The normalized spacial score (nSPS) is 10.8. The lowest BCUT2D eigenvalue weighted by Gasteiger charge is -1.95. The molecule has 0 aromatic heterocycles. The average Bonchev–Trinajstić information content (AvgIpc) is 2.14. The Kier molecular flexibility index (Phi) is 4.17. The Morgan fingerprint density at radius 1 is 1.08 bits per heavy atom. The number of hydrogen-bond acceptors (Lipinski definition) is 0. The van der Waals surface area contributed by atoms with Crippen LogP contribution in [0.3, 0.4) is 0 Å². The number of rotatable bonds is 4. The van der Waals surface area contributed by atoms with Crippen molar-refractivity contribution >= 4 is 0 Å². The summed E-state index contributed by atoms with van der Waals surface area (Å²) in [7, 11) is 0. The predicted octanol–water partition coefficient (Wildman–Crippen LogP) is 2.61. The zero-order chi connectivity index (χ0) is 8.65. The second-order valence-corrected chi connectivity index (χ2v) is 2.66. The zero-order valence-corrected chi connectivity index (χ0v) is 7.07. The van der Waals surface area contributed by atoms with Crippen LogP contribution in [0.25, 0.3) is 0 Å². The van der Waals surface area contributed by atoms with Gasteiger partial charge in [0.25, 0.3) is 0 Å². The molecule has 1 rings (SSSR count). The van der Waals surface area contributed by atoms with Crippen molar-refractivity contribution in [2.75, 3.05) is 6.61 Å². The monoisotopic (exact) mass is 161 g/mol. The standard InChI is InChI=1S/C11H13O/c12-10-6-2-5-9-11-7-3-1-4-8-11/h1-4,6-8H,5,9-10H2. The molecule has 0 bridgehead atoms. The van der Waals surface area contributed by atoms with E-state index in [1.54, 1.807) is 6.08 Å². The Labute approximate surface area is 73.4 Å². The molecule has 0 aliphatic carbocycles. The summed E-state index contributed by atoms with van der Waals surface area (Å²) in [5.74, 6) is 0. The summed E-state index contributed by atoms with van der Waals surface area (Å²) in [6.45, 7) is -0.102. The Morgan fingerprint density at radius 3 is 2.50 bits per heavy atom. The van der Waals surface area contributed by atoms with Crippen LogP contribution < -0.4 is 0 Å². The van der Waals surface area contributed by atoms with Crippen LogP contribution in [0.2, 0.25) is 0 Å². The summed E-state index contributed by atoms with van der Waals surface area (Å²) in [6.07, 6.45) is 5.60. The summed E-state index contributed by atoms with van der Waals surface area (Å²) in [4.78, 5) is 0.